The van der Waals surface area contributed by atoms with Crippen LogP contribution in [0, 0.1) is 6.92 Å². The van der Waals surface area contributed by atoms with E-state index in [1.165, 1.54) is 0 Å². The zero-order valence-electron chi connectivity index (χ0n) is 23.5. The Morgan fingerprint density at radius 3 is 2.18 bits per heavy atom. The fourth-order valence-electron chi connectivity index (χ4n) is 3.86. The Hall–Kier alpha value is -3.20. The number of ether oxygens (including phenoxy) is 2. The molecule has 0 saturated heterocycles. The molecule has 0 heterocycles. The summed E-state index contributed by atoms with van der Waals surface area (Å²) >= 11 is 1.58. The van der Waals surface area contributed by atoms with Crippen molar-refractivity contribution in [1.82, 2.24) is 10.2 Å². The van der Waals surface area contributed by atoms with Crippen LogP contribution in [-0.2, 0) is 14.3 Å². The third-order valence-corrected chi connectivity index (χ3v) is 6.30. The van der Waals surface area contributed by atoms with E-state index in [2.05, 4.69) is 10.6 Å². The van der Waals surface area contributed by atoms with Gasteiger partial charge in [-0.25, -0.2) is 4.79 Å². The van der Waals surface area contributed by atoms with Crippen LogP contribution in [0.15, 0.2) is 48.5 Å². The van der Waals surface area contributed by atoms with Crippen LogP contribution in [-0.4, -0.2) is 60.1 Å². The van der Waals surface area contributed by atoms with E-state index in [0.717, 1.165) is 5.56 Å². The first-order valence-corrected chi connectivity index (χ1v) is 14.2. The van der Waals surface area contributed by atoms with Crippen molar-refractivity contribution < 1.29 is 23.9 Å². The molecule has 208 valence electrons. The summed E-state index contributed by atoms with van der Waals surface area (Å²) < 4.78 is 10.6. The highest BCUT2D eigenvalue weighted by molar-refractivity contribution is 7.98. The summed E-state index contributed by atoms with van der Waals surface area (Å²) in [6.07, 6.45) is 2.31. The van der Waals surface area contributed by atoms with Crippen LogP contribution in [0.4, 0.5) is 10.5 Å². The van der Waals surface area contributed by atoms with E-state index < -0.39 is 23.8 Å². The molecule has 0 spiro atoms. The molecule has 0 bridgehead atoms. The average molecular weight is 544 g/mol. The van der Waals surface area contributed by atoms with Crippen LogP contribution in [0.1, 0.15) is 57.7 Å². The predicted molar refractivity (Wildman–Crippen MR) is 154 cm³/mol. The SMILES string of the molecule is CCCN(C(=O)C(CCSC)NC(=O)OC(C)(C)C)C(C(=O)Nc1ccc(OC)cc1)c1ccc(C)cc1. The highest BCUT2D eigenvalue weighted by Crippen LogP contribution is 2.26. The Bertz CT molecular complexity index is 1050. The van der Waals surface area contributed by atoms with Crippen molar-refractivity contribution in [3.8, 4) is 5.75 Å². The molecule has 2 rings (SSSR count). The van der Waals surface area contributed by atoms with Crippen molar-refractivity contribution in [2.45, 2.75) is 65.1 Å². The van der Waals surface area contributed by atoms with Gasteiger partial charge >= 0.3 is 6.09 Å². The summed E-state index contributed by atoms with van der Waals surface area (Å²) in [6.45, 7) is 9.56. The highest BCUT2D eigenvalue weighted by atomic mass is 32.2. The summed E-state index contributed by atoms with van der Waals surface area (Å²) in [5, 5.41) is 5.70. The number of benzene rings is 2. The minimum Gasteiger partial charge on any atom is -0.497 e. The van der Waals surface area contributed by atoms with E-state index in [1.807, 2.05) is 44.4 Å². The summed E-state index contributed by atoms with van der Waals surface area (Å²) in [7, 11) is 1.58. The lowest BCUT2D eigenvalue weighted by molar-refractivity contribution is -0.140. The van der Waals surface area contributed by atoms with Crippen LogP contribution in [0.2, 0.25) is 0 Å². The first-order valence-electron chi connectivity index (χ1n) is 12.8. The van der Waals surface area contributed by atoms with Crippen LogP contribution < -0.4 is 15.4 Å². The second kappa shape index (κ2) is 14.7. The summed E-state index contributed by atoms with van der Waals surface area (Å²) in [6, 6.07) is 12.8. The lowest BCUT2D eigenvalue weighted by Gasteiger charge is -2.34. The van der Waals surface area contributed by atoms with Gasteiger partial charge in [0.1, 0.15) is 23.4 Å². The molecule has 0 aromatic heterocycles. The van der Waals surface area contributed by atoms with Crippen molar-refractivity contribution in [3.05, 3.63) is 59.7 Å². The van der Waals surface area contributed by atoms with Crippen LogP contribution in [0.5, 0.6) is 5.75 Å². The molecule has 2 atom stereocenters. The Morgan fingerprint density at radius 2 is 1.66 bits per heavy atom. The zero-order chi connectivity index (χ0) is 28.3. The molecule has 2 aromatic carbocycles. The van der Waals surface area contributed by atoms with Crippen LogP contribution >= 0.6 is 11.8 Å². The van der Waals surface area contributed by atoms with Gasteiger partial charge in [-0.3, -0.25) is 9.59 Å². The van der Waals surface area contributed by atoms with Gasteiger partial charge in [0.05, 0.1) is 7.11 Å². The Labute approximate surface area is 230 Å². The third kappa shape index (κ3) is 9.59. The number of nitrogens with one attached hydrogen (secondary N) is 2. The lowest BCUT2D eigenvalue weighted by atomic mass is 10.0. The first-order chi connectivity index (χ1) is 18.0. The molecular formula is C29H41N3O5S. The summed E-state index contributed by atoms with van der Waals surface area (Å²) in [5.74, 6) is 0.647. The molecule has 38 heavy (non-hydrogen) atoms. The monoisotopic (exact) mass is 543 g/mol. The Balaban J connectivity index is 2.44. The van der Waals surface area contributed by atoms with E-state index in [0.29, 0.717) is 42.1 Å². The molecule has 3 amide bonds. The fourth-order valence-corrected chi connectivity index (χ4v) is 4.33. The quantitative estimate of drug-likeness (QED) is 0.363. The second-order valence-corrected chi connectivity index (χ2v) is 11.0. The van der Waals surface area contributed by atoms with Crippen molar-refractivity contribution in [1.29, 1.82) is 0 Å². The second-order valence-electron chi connectivity index (χ2n) is 10.0. The maximum absolute atomic E-state index is 14.0. The molecule has 0 aliphatic rings. The molecule has 0 saturated carbocycles. The van der Waals surface area contributed by atoms with E-state index in [-0.39, 0.29) is 11.8 Å². The van der Waals surface area contributed by atoms with Crippen molar-refractivity contribution in [2.75, 3.05) is 31.0 Å². The maximum Gasteiger partial charge on any atom is 0.408 e. The highest BCUT2D eigenvalue weighted by Gasteiger charge is 2.35. The van der Waals surface area contributed by atoms with Gasteiger partial charge < -0.3 is 25.0 Å². The van der Waals surface area contributed by atoms with E-state index >= 15 is 0 Å². The molecule has 2 N–H and O–H groups in total. The molecule has 0 radical (unpaired) electrons. The van der Waals surface area contributed by atoms with Crippen molar-refractivity contribution >= 4 is 35.4 Å². The number of amides is 3. The fraction of sp³-hybridized carbons (Fsp3) is 0.483. The molecule has 9 heteroatoms. The average Bonchev–Trinajstić information content (AvgIpc) is 2.86. The van der Waals surface area contributed by atoms with Gasteiger partial charge in [-0.2, -0.15) is 11.8 Å². The van der Waals surface area contributed by atoms with Gasteiger partial charge in [-0.15, -0.1) is 0 Å². The number of carbonyl (C=O) groups is 3. The molecule has 2 aromatic rings. The number of rotatable bonds is 12. The molecule has 0 aliphatic heterocycles. The van der Waals surface area contributed by atoms with E-state index in [4.69, 9.17) is 9.47 Å². The molecule has 8 nitrogen and oxygen atoms in total. The van der Waals surface area contributed by atoms with Gasteiger partial charge in [0.2, 0.25) is 5.91 Å². The number of nitrogens with zero attached hydrogens (tertiary/aromatic N) is 1. The largest absolute Gasteiger partial charge is 0.497 e. The van der Waals surface area contributed by atoms with Crippen LogP contribution in [0.3, 0.4) is 0 Å². The Kier molecular flexibility index (Phi) is 12.0. The smallest absolute Gasteiger partial charge is 0.408 e. The zero-order valence-corrected chi connectivity index (χ0v) is 24.3. The van der Waals surface area contributed by atoms with Crippen molar-refractivity contribution in [3.63, 3.8) is 0 Å². The lowest BCUT2D eigenvalue weighted by Crippen LogP contribution is -2.52. The summed E-state index contributed by atoms with van der Waals surface area (Å²) in [5.41, 5.74) is 1.61. The number of hydrogen-bond donors (Lipinski definition) is 2. The van der Waals surface area contributed by atoms with Crippen molar-refractivity contribution in [2.24, 2.45) is 0 Å². The summed E-state index contributed by atoms with van der Waals surface area (Å²) in [4.78, 5) is 42.0. The van der Waals surface area contributed by atoms with Gasteiger partial charge in [0.25, 0.3) is 5.91 Å². The number of carbonyl (C=O) groups excluding carboxylic acids is 3. The first kappa shape index (κ1) is 31.0. The van der Waals surface area contributed by atoms with E-state index in [9.17, 15) is 14.4 Å². The minimum atomic E-state index is -0.901. The normalized spacial score (nSPS) is 12.7. The molecule has 0 aliphatic carbocycles. The minimum absolute atomic E-state index is 0.331. The van der Waals surface area contributed by atoms with Gasteiger partial charge in [0.15, 0.2) is 0 Å². The molecular weight excluding hydrogens is 502 g/mol. The Morgan fingerprint density at radius 1 is 1.03 bits per heavy atom. The van der Waals surface area contributed by atoms with Crippen LogP contribution in [0.25, 0.3) is 0 Å². The number of anilines is 1. The number of methoxy groups -OCH3 is 1. The maximum atomic E-state index is 14.0. The topological polar surface area (TPSA) is 97.0 Å². The predicted octanol–water partition coefficient (Wildman–Crippen LogP) is 5.57. The number of hydrogen-bond acceptors (Lipinski definition) is 6. The van der Waals surface area contributed by atoms with Gasteiger partial charge in [-0.1, -0.05) is 36.8 Å². The standard InChI is InChI=1S/C29H41N3O5S/c1-8-18-32(27(34)24(17-19-38-7)31-28(35)37-29(3,4)5)25(21-11-9-20(2)10-12-21)26(33)30-22-13-15-23(36-6)16-14-22/h9-16,24-25H,8,17-19H2,1-7H3,(H,30,33)(H,31,35). The van der Waals surface area contributed by atoms with Gasteiger partial charge in [-0.05, 0) is 82.4 Å². The third-order valence-electron chi connectivity index (χ3n) is 5.66. The molecule has 0 fully saturated rings. The number of thioether (sulfide) groups is 1. The number of alkyl carbamates (subject to hydrolysis) is 1. The number of aryl methyl sites for hydroxylation is 1. The van der Waals surface area contributed by atoms with E-state index in [1.54, 1.807) is 68.8 Å². The molecule has 2 unspecified atom stereocenters. The van der Waals surface area contributed by atoms with Gasteiger partial charge in [0, 0.05) is 12.2 Å².